The van der Waals surface area contributed by atoms with Crippen LogP contribution in [0, 0.1) is 5.41 Å². The van der Waals surface area contributed by atoms with Crippen LogP contribution >= 0.6 is 0 Å². The van der Waals surface area contributed by atoms with Gasteiger partial charge in [-0.15, -0.1) is 0 Å². The van der Waals surface area contributed by atoms with E-state index in [1.165, 1.54) is 0 Å². The van der Waals surface area contributed by atoms with E-state index < -0.39 is 0 Å². The van der Waals surface area contributed by atoms with Crippen LogP contribution < -0.4 is 0 Å². The smallest absolute Gasteiger partial charge is 0.228 e. The molecule has 0 aromatic rings. The standard InChI is InChI=1S/C11H18N2O2.C2H6/c1-9(14)13-7-4-11(5-8-13)3-6-12(2)10(11)15;1-2/h3-8H2,1-2H3;1-2H3. The summed E-state index contributed by atoms with van der Waals surface area (Å²) in [5.41, 5.74) is -0.138. The molecule has 17 heavy (non-hydrogen) atoms. The average molecular weight is 240 g/mol. The Morgan fingerprint density at radius 3 is 1.94 bits per heavy atom. The molecule has 0 N–H and O–H groups in total. The zero-order valence-electron chi connectivity index (χ0n) is 11.5. The summed E-state index contributed by atoms with van der Waals surface area (Å²) < 4.78 is 0. The van der Waals surface area contributed by atoms with Crippen molar-refractivity contribution in [3.63, 3.8) is 0 Å². The van der Waals surface area contributed by atoms with Gasteiger partial charge in [0, 0.05) is 33.6 Å². The molecule has 2 heterocycles. The van der Waals surface area contributed by atoms with Gasteiger partial charge >= 0.3 is 0 Å². The van der Waals surface area contributed by atoms with E-state index in [1.54, 1.807) is 6.92 Å². The summed E-state index contributed by atoms with van der Waals surface area (Å²) in [5.74, 6) is 0.411. The van der Waals surface area contributed by atoms with Crippen LogP contribution in [0.1, 0.15) is 40.0 Å². The first-order valence-electron chi connectivity index (χ1n) is 6.56. The van der Waals surface area contributed by atoms with Gasteiger partial charge in [0.1, 0.15) is 0 Å². The molecule has 4 nitrogen and oxygen atoms in total. The summed E-state index contributed by atoms with van der Waals surface area (Å²) in [6, 6.07) is 0. The van der Waals surface area contributed by atoms with Crippen LogP contribution in [-0.4, -0.2) is 48.3 Å². The maximum Gasteiger partial charge on any atom is 0.228 e. The zero-order chi connectivity index (χ0) is 13.1. The highest BCUT2D eigenvalue weighted by Crippen LogP contribution is 2.40. The van der Waals surface area contributed by atoms with E-state index in [-0.39, 0.29) is 17.2 Å². The molecule has 0 bridgehead atoms. The summed E-state index contributed by atoms with van der Waals surface area (Å²) in [6.07, 6.45) is 2.65. The second-order valence-corrected chi connectivity index (χ2v) is 4.76. The summed E-state index contributed by atoms with van der Waals surface area (Å²) in [5, 5.41) is 0. The van der Waals surface area contributed by atoms with Crippen LogP contribution in [0.25, 0.3) is 0 Å². The third-order valence-corrected chi connectivity index (χ3v) is 3.89. The molecule has 2 amide bonds. The molecule has 0 aliphatic carbocycles. The van der Waals surface area contributed by atoms with Crippen LogP contribution in [0.3, 0.4) is 0 Å². The second kappa shape index (κ2) is 5.52. The molecule has 2 aliphatic heterocycles. The monoisotopic (exact) mass is 240 g/mol. The van der Waals surface area contributed by atoms with Crippen molar-refractivity contribution in [2.75, 3.05) is 26.7 Å². The van der Waals surface area contributed by atoms with Gasteiger partial charge in [0.05, 0.1) is 5.41 Å². The Morgan fingerprint density at radius 1 is 1.12 bits per heavy atom. The summed E-state index contributed by atoms with van der Waals surface area (Å²) in [7, 11) is 1.87. The number of piperidine rings is 1. The first-order chi connectivity index (χ1) is 8.05. The average Bonchev–Trinajstić information content (AvgIpc) is 2.62. The zero-order valence-corrected chi connectivity index (χ0v) is 11.5. The molecule has 4 heteroatoms. The highest BCUT2D eigenvalue weighted by atomic mass is 16.2. The van der Waals surface area contributed by atoms with Gasteiger partial charge < -0.3 is 9.80 Å². The van der Waals surface area contributed by atoms with Gasteiger partial charge in [-0.2, -0.15) is 0 Å². The highest BCUT2D eigenvalue weighted by molar-refractivity contribution is 5.85. The van der Waals surface area contributed by atoms with Crippen LogP contribution in [0.2, 0.25) is 0 Å². The fraction of sp³-hybridized carbons (Fsp3) is 0.846. The SMILES string of the molecule is CC.CC(=O)N1CCC2(CCN(C)C2=O)CC1. The Kier molecular flexibility index (Phi) is 4.54. The van der Waals surface area contributed by atoms with E-state index >= 15 is 0 Å². The minimum atomic E-state index is -0.138. The van der Waals surface area contributed by atoms with E-state index in [4.69, 9.17) is 0 Å². The Morgan fingerprint density at radius 2 is 1.59 bits per heavy atom. The van der Waals surface area contributed by atoms with Crippen molar-refractivity contribution in [2.24, 2.45) is 5.41 Å². The number of carbonyl (C=O) groups excluding carboxylic acids is 2. The molecule has 0 unspecified atom stereocenters. The lowest BCUT2D eigenvalue weighted by molar-refractivity contribution is -0.141. The molecule has 0 saturated carbocycles. The fourth-order valence-corrected chi connectivity index (χ4v) is 2.71. The number of likely N-dealkylation sites (tertiary alicyclic amines) is 2. The van der Waals surface area contributed by atoms with E-state index in [9.17, 15) is 9.59 Å². The third kappa shape index (κ3) is 2.61. The normalized spacial score (nSPS) is 22.5. The van der Waals surface area contributed by atoms with Crippen molar-refractivity contribution in [1.29, 1.82) is 0 Å². The molecule has 0 aromatic heterocycles. The maximum atomic E-state index is 12.0. The van der Waals surface area contributed by atoms with Crippen LogP contribution in [0.4, 0.5) is 0 Å². The van der Waals surface area contributed by atoms with E-state index in [2.05, 4.69) is 0 Å². The Bertz CT molecular complexity index is 294. The largest absolute Gasteiger partial charge is 0.345 e. The Hall–Kier alpha value is -1.06. The van der Waals surface area contributed by atoms with Crippen LogP contribution in [0.15, 0.2) is 0 Å². The molecule has 2 aliphatic rings. The maximum absolute atomic E-state index is 12.0. The number of amides is 2. The minimum Gasteiger partial charge on any atom is -0.345 e. The molecule has 0 aromatic carbocycles. The molecule has 2 fully saturated rings. The van der Waals surface area contributed by atoms with Crippen molar-refractivity contribution in [2.45, 2.75) is 40.0 Å². The van der Waals surface area contributed by atoms with Gasteiger partial charge in [-0.3, -0.25) is 9.59 Å². The number of nitrogens with zero attached hydrogens (tertiary/aromatic N) is 2. The molecule has 1 spiro atoms. The van der Waals surface area contributed by atoms with Crippen molar-refractivity contribution in [3.8, 4) is 0 Å². The summed E-state index contributed by atoms with van der Waals surface area (Å²) in [4.78, 5) is 26.8. The Balaban J connectivity index is 0.000000686. The number of hydrogen-bond acceptors (Lipinski definition) is 2. The lowest BCUT2D eigenvalue weighted by atomic mass is 9.77. The first-order valence-corrected chi connectivity index (χ1v) is 6.56. The van der Waals surface area contributed by atoms with Crippen molar-refractivity contribution >= 4 is 11.8 Å². The topological polar surface area (TPSA) is 40.6 Å². The lowest BCUT2D eigenvalue weighted by Gasteiger charge is -2.37. The number of rotatable bonds is 0. The van der Waals surface area contributed by atoms with Gasteiger partial charge in [0.2, 0.25) is 11.8 Å². The van der Waals surface area contributed by atoms with Crippen molar-refractivity contribution in [3.05, 3.63) is 0 Å². The molecule has 0 atom stereocenters. The van der Waals surface area contributed by atoms with Crippen molar-refractivity contribution in [1.82, 2.24) is 9.80 Å². The molecule has 2 saturated heterocycles. The molecule has 98 valence electrons. The molecular weight excluding hydrogens is 216 g/mol. The van der Waals surface area contributed by atoms with Gasteiger partial charge in [0.15, 0.2) is 0 Å². The van der Waals surface area contributed by atoms with E-state index in [0.29, 0.717) is 0 Å². The van der Waals surface area contributed by atoms with Gasteiger partial charge in [-0.05, 0) is 19.3 Å². The second-order valence-electron chi connectivity index (χ2n) is 4.76. The van der Waals surface area contributed by atoms with Gasteiger partial charge in [-0.25, -0.2) is 0 Å². The predicted molar refractivity (Wildman–Crippen MR) is 67.5 cm³/mol. The quantitative estimate of drug-likeness (QED) is 0.644. The predicted octanol–water partition coefficient (Wildman–Crippen LogP) is 1.50. The molecule has 0 radical (unpaired) electrons. The number of carbonyl (C=O) groups is 2. The van der Waals surface area contributed by atoms with Gasteiger partial charge in [0.25, 0.3) is 0 Å². The first kappa shape index (κ1) is 14.0. The van der Waals surface area contributed by atoms with Gasteiger partial charge in [-0.1, -0.05) is 13.8 Å². The minimum absolute atomic E-state index is 0.128. The highest BCUT2D eigenvalue weighted by Gasteiger charge is 2.47. The molecule has 2 rings (SSSR count). The summed E-state index contributed by atoms with van der Waals surface area (Å²) >= 11 is 0. The molecular formula is C13H24N2O2. The van der Waals surface area contributed by atoms with E-state index in [1.807, 2.05) is 30.7 Å². The van der Waals surface area contributed by atoms with Crippen LogP contribution in [0.5, 0.6) is 0 Å². The van der Waals surface area contributed by atoms with E-state index in [0.717, 1.165) is 38.9 Å². The third-order valence-electron chi connectivity index (χ3n) is 3.89. The Labute approximate surface area is 104 Å². The lowest BCUT2D eigenvalue weighted by Crippen LogP contribution is -2.45. The number of hydrogen-bond donors (Lipinski definition) is 0. The van der Waals surface area contributed by atoms with Crippen molar-refractivity contribution < 1.29 is 9.59 Å². The summed E-state index contributed by atoms with van der Waals surface area (Å²) in [6.45, 7) is 7.96. The fourth-order valence-electron chi connectivity index (χ4n) is 2.71. The van der Waals surface area contributed by atoms with Crippen LogP contribution in [-0.2, 0) is 9.59 Å².